The zero-order valence-corrected chi connectivity index (χ0v) is 12.7. The monoisotopic (exact) mass is 304 g/mol. The van der Waals surface area contributed by atoms with Gasteiger partial charge in [0.2, 0.25) is 0 Å². The minimum absolute atomic E-state index is 0.582. The lowest BCUT2D eigenvalue weighted by molar-refractivity contribution is 0.415. The molecule has 0 unspecified atom stereocenters. The summed E-state index contributed by atoms with van der Waals surface area (Å²) in [7, 11) is 1.60. The fourth-order valence-corrected chi connectivity index (χ4v) is 2.78. The molecule has 3 aromatic rings. The van der Waals surface area contributed by atoms with Gasteiger partial charge in [0.25, 0.3) is 0 Å². The number of rotatable bonds is 2. The second-order valence-corrected chi connectivity index (χ2v) is 5.40. The number of aromatic nitrogens is 2. The first-order valence-electron chi connectivity index (χ1n) is 6.15. The molecule has 0 spiro atoms. The maximum absolute atomic E-state index is 6.07. The van der Waals surface area contributed by atoms with Gasteiger partial charge in [0.15, 0.2) is 4.77 Å². The van der Waals surface area contributed by atoms with Crippen molar-refractivity contribution < 1.29 is 4.74 Å². The average Bonchev–Trinajstić information content (AvgIpc) is 2.74. The van der Waals surface area contributed by atoms with Gasteiger partial charge in [-0.25, -0.2) is 0 Å². The Balaban J connectivity index is 2.29. The van der Waals surface area contributed by atoms with Gasteiger partial charge >= 0.3 is 0 Å². The first-order chi connectivity index (χ1) is 9.60. The standard InChI is InChI=1S/C15H13ClN2OS/c1-9-3-6-13-12(7-9)17-15(20)18(13)10-4-5-11(16)14(8-10)19-2/h3-8H,1-2H3,(H,17,20). The Kier molecular flexibility index (Phi) is 3.28. The molecule has 0 aliphatic carbocycles. The average molecular weight is 305 g/mol. The van der Waals surface area contributed by atoms with Crippen molar-refractivity contribution in [3.05, 3.63) is 51.8 Å². The molecule has 1 heterocycles. The van der Waals surface area contributed by atoms with Crippen LogP contribution in [0.15, 0.2) is 36.4 Å². The lowest BCUT2D eigenvalue weighted by Crippen LogP contribution is -1.95. The van der Waals surface area contributed by atoms with Gasteiger partial charge in [0.05, 0.1) is 28.9 Å². The fourth-order valence-electron chi connectivity index (χ4n) is 2.27. The van der Waals surface area contributed by atoms with Gasteiger partial charge in [0.1, 0.15) is 5.75 Å². The number of imidazole rings is 1. The van der Waals surface area contributed by atoms with Gasteiger partial charge in [-0.05, 0) is 49.0 Å². The summed E-state index contributed by atoms with van der Waals surface area (Å²) < 4.78 is 7.89. The molecular weight excluding hydrogens is 292 g/mol. The summed E-state index contributed by atoms with van der Waals surface area (Å²) in [5, 5.41) is 0.582. The molecule has 0 aliphatic rings. The normalized spacial score (nSPS) is 10.9. The molecule has 0 amide bonds. The lowest BCUT2D eigenvalue weighted by atomic mass is 10.2. The van der Waals surface area contributed by atoms with Crippen LogP contribution in [0.25, 0.3) is 16.7 Å². The third-order valence-electron chi connectivity index (χ3n) is 3.23. The quantitative estimate of drug-likeness (QED) is 0.698. The first-order valence-corrected chi connectivity index (χ1v) is 6.94. The third-order valence-corrected chi connectivity index (χ3v) is 3.83. The SMILES string of the molecule is COc1cc(-n2c(=S)[nH]c3cc(C)ccc32)ccc1Cl. The number of halogens is 1. The molecule has 1 N–H and O–H groups in total. The number of nitrogens with one attached hydrogen (secondary N) is 1. The fraction of sp³-hybridized carbons (Fsp3) is 0.133. The van der Waals surface area contributed by atoms with Gasteiger partial charge in [0, 0.05) is 6.07 Å². The zero-order valence-electron chi connectivity index (χ0n) is 11.1. The summed E-state index contributed by atoms with van der Waals surface area (Å²) in [6.07, 6.45) is 0. The van der Waals surface area contributed by atoms with Crippen molar-refractivity contribution in [2.24, 2.45) is 0 Å². The Morgan fingerprint density at radius 2 is 2.00 bits per heavy atom. The minimum Gasteiger partial charge on any atom is -0.495 e. The van der Waals surface area contributed by atoms with Crippen LogP contribution in [-0.4, -0.2) is 16.7 Å². The zero-order chi connectivity index (χ0) is 14.3. The molecule has 0 saturated heterocycles. The number of hydrogen-bond acceptors (Lipinski definition) is 2. The number of benzene rings is 2. The highest BCUT2D eigenvalue weighted by Crippen LogP contribution is 2.29. The van der Waals surface area contributed by atoms with E-state index in [2.05, 4.69) is 30.1 Å². The summed E-state index contributed by atoms with van der Waals surface area (Å²) in [6.45, 7) is 2.05. The van der Waals surface area contributed by atoms with Crippen LogP contribution in [0.1, 0.15) is 5.56 Å². The number of H-pyrrole nitrogens is 1. The molecule has 0 fully saturated rings. The highest BCUT2D eigenvalue weighted by atomic mass is 35.5. The van der Waals surface area contributed by atoms with E-state index in [4.69, 9.17) is 28.6 Å². The molecule has 2 aromatic carbocycles. The van der Waals surface area contributed by atoms with Crippen molar-refractivity contribution in [2.75, 3.05) is 7.11 Å². The molecule has 3 rings (SSSR count). The molecule has 3 nitrogen and oxygen atoms in total. The van der Waals surface area contributed by atoms with Crippen molar-refractivity contribution in [3.8, 4) is 11.4 Å². The van der Waals surface area contributed by atoms with Gasteiger partial charge in [-0.1, -0.05) is 17.7 Å². The molecule has 0 aliphatic heterocycles. The van der Waals surface area contributed by atoms with E-state index in [1.54, 1.807) is 7.11 Å². The maximum atomic E-state index is 6.07. The number of aromatic amines is 1. The van der Waals surface area contributed by atoms with Crippen LogP contribution in [0, 0.1) is 11.7 Å². The topological polar surface area (TPSA) is 29.9 Å². The highest BCUT2D eigenvalue weighted by Gasteiger charge is 2.09. The van der Waals surface area contributed by atoms with E-state index in [1.807, 2.05) is 22.8 Å². The largest absolute Gasteiger partial charge is 0.495 e. The number of fused-ring (bicyclic) bond motifs is 1. The summed E-state index contributed by atoms with van der Waals surface area (Å²) in [5.74, 6) is 0.632. The van der Waals surface area contributed by atoms with Gasteiger partial charge in [-0.3, -0.25) is 4.57 Å². The Morgan fingerprint density at radius 3 is 2.75 bits per heavy atom. The van der Waals surface area contributed by atoms with Crippen LogP contribution in [0.3, 0.4) is 0 Å². The van der Waals surface area contributed by atoms with Crippen molar-refractivity contribution in [3.63, 3.8) is 0 Å². The van der Waals surface area contributed by atoms with Crippen molar-refractivity contribution in [1.82, 2.24) is 9.55 Å². The Bertz CT molecular complexity index is 851. The van der Waals surface area contributed by atoms with Crippen molar-refractivity contribution in [2.45, 2.75) is 6.92 Å². The molecule has 1 aromatic heterocycles. The predicted molar refractivity (Wildman–Crippen MR) is 84.8 cm³/mol. The van der Waals surface area contributed by atoms with Crippen LogP contribution >= 0.6 is 23.8 Å². The molecule has 20 heavy (non-hydrogen) atoms. The Labute approximate surface area is 126 Å². The van der Waals surface area contributed by atoms with Gasteiger partial charge in [-0.2, -0.15) is 0 Å². The molecule has 102 valence electrons. The second kappa shape index (κ2) is 4.96. The minimum atomic E-state index is 0.582. The van der Waals surface area contributed by atoms with Crippen LogP contribution < -0.4 is 4.74 Å². The number of aryl methyl sites for hydroxylation is 1. The van der Waals surface area contributed by atoms with E-state index in [0.717, 1.165) is 16.7 Å². The Hall–Kier alpha value is -1.78. The first kappa shape index (κ1) is 13.2. The number of hydrogen-bond donors (Lipinski definition) is 1. The van der Waals surface area contributed by atoms with Crippen LogP contribution in [0.4, 0.5) is 0 Å². The number of methoxy groups -OCH3 is 1. The van der Waals surface area contributed by atoms with Gasteiger partial charge in [-0.15, -0.1) is 0 Å². The summed E-state index contributed by atoms with van der Waals surface area (Å²) in [4.78, 5) is 3.22. The molecule has 0 bridgehead atoms. The van der Waals surface area contributed by atoms with E-state index in [-0.39, 0.29) is 0 Å². The molecular formula is C15H13ClN2OS. The van der Waals surface area contributed by atoms with E-state index in [0.29, 0.717) is 15.5 Å². The summed E-state index contributed by atoms with van der Waals surface area (Å²) in [5.41, 5.74) is 4.16. The summed E-state index contributed by atoms with van der Waals surface area (Å²) >= 11 is 11.5. The third kappa shape index (κ3) is 2.11. The van der Waals surface area contributed by atoms with Crippen LogP contribution in [0.2, 0.25) is 5.02 Å². The van der Waals surface area contributed by atoms with Crippen LogP contribution in [0.5, 0.6) is 5.75 Å². The number of nitrogens with zero attached hydrogens (tertiary/aromatic N) is 1. The van der Waals surface area contributed by atoms with E-state index in [1.165, 1.54) is 5.56 Å². The van der Waals surface area contributed by atoms with E-state index in [9.17, 15) is 0 Å². The molecule has 0 radical (unpaired) electrons. The van der Waals surface area contributed by atoms with Crippen LogP contribution in [-0.2, 0) is 0 Å². The molecule has 0 atom stereocenters. The number of ether oxygens (including phenoxy) is 1. The van der Waals surface area contributed by atoms with E-state index < -0.39 is 0 Å². The van der Waals surface area contributed by atoms with E-state index >= 15 is 0 Å². The molecule has 5 heteroatoms. The van der Waals surface area contributed by atoms with Crippen molar-refractivity contribution in [1.29, 1.82) is 0 Å². The second-order valence-electron chi connectivity index (χ2n) is 4.61. The lowest BCUT2D eigenvalue weighted by Gasteiger charge is -2.08. The van der Waals surface area contributed by atoms with Crippen molar-refractivity contribution >= 4 is 34.9 Å². The smallest absolute Gasteiger partial charge is 0.182 e. The predicted octanol–water partition coefficient (Wildman–Crippen LogP) is 4.66. The Morgan fingerprint density at radius 1 is 1.20 bits per heavy atom. The molecule has 0 saturated carbocycles. The summed E-state index contributed by atoms with van der Waals surface area (Å²) in [6, 6.07) is 11.8. The maximum Gasteiger partial charge on any atom is 0.182 e. The highest BCUT2D eigenvalue weighted by molar-refractivity contribution is 7.71. The van der Waals surface area contributed by atoms with Gasteiger partial charge < -0.3 is 9.72 Å².